The highest BCUT2D eigenvalue weighted by atomic mass is 35.5. The van der Waals surface area contributed by atoms with Gasteiger partial charge in [-0.2, -0.15) is 10.2 Å². The van der Waals surface area contributed by atoms with Crippen LogP contribution in [0.25, 0.3) is 0 Å². The van der Waals surface area contributed by atoms with Gasteiger partial charge in [0.15, 0.2) is 0 Å². The molecule has 4 rings (SSSR count). The molecular formula is C20H20Cl3N5O2. The molecule has 1 aromatic heterocycles. The lowest BCUT2D eigenvalue weighted by molar-refractivity contribution is -0.132. The molecule has 1 saturated carbocycles. The molecule has 0 unspecified atom stereocenters. The van der Waals surface area contributed by atoms with Crippen LogP contribution in [0.1, 0.15) is 48.9 Å². The first kappa shape index (κ1) is 21.2. The van der Waals surface area contributed by atoms with Gasteiger partial charge in [0.1, 0.15) is 10.7 Å². The van der Waals surface area contributed by atoms with E-state index in [2.05, 4.69) is 15.5 Å². The number of rotatable bonds is 4. The number of nitrogens with one attached hydrogen (secondary N) is 1. The van der Waals surface area contributed by atoms with Gasteiger partial charge >= 0.3 is 6.03 Å². The Labute approximate surface area is 189 Å². The predicted octanol–water partition coefficient (Wildman–Crippen LogP) is 4.79. The number of carbonyl (C=O) groups excluding carboxylic acids is 2. The number of hydrazone groups is 1. The minimum absolute atomic E-state index is 0.276. The van der Waals surface area contributed by atoms with Crippen molar-refractivity contribution >= 4 is 53.0 Å². The van der Waals surface area contributed by atoms with E-state index in [9.17, 15) is 9.59 Å². The summed E-state index contributed by atoms with van der Waals surface area (Å²) >= 11 is 19.0. The zero-order valence-electron chi connectivity index (χ0n) is 16.3. The first-order valence-corrected chi connectivity index (χ1v) is 10.8. The second-order valence-corrected chi connectivity index (χ2v) is 8.75. The van der Waals surface area contributed by atoms with Crippen molar-refractivity contribution in [3.05, 3.63) is 50.2 Å². The maximum Gasteiger partial charge on any atom is 0.346 e. The third-order valence-electron chi connectivity index (χ3n) is 5.63. The van der Waals surface area contributed by atoms with Gasteiger partial charge in [0.25, 0.3) is 5.91 Å². The molecule has 2 heterocycles. The van der Waals surface area contributed by atoms with Gasteiger partial charge in [-0.05, 0) is 31.9 Å². The average molecular weight is 469 g/mol. The van der Waals surface area contributed by atoms with E-state index in [-0.39, 0.29) is 12.5 Å². The van der Waals surface area contributed by atoms with Crippen molar-refractivity contribution in [2.75, 3.05) is 0 Å². The number of hydrogen-bond donors (Lipinski definition) is 1. The Morgan fingerprint density at radius 2 is 1.83 bits per heavy atom. The molecule has 1 N–H and O–H groups in total. The van der Waals surface area contributed by atoms with Gasteiger partial charge < -0.3 is 5.32 Å². The number of nitrogens with zero attached hydrogens (tertiary/aromatic N) is 4. The molecule has 3 amide bonds. The number of benzene rings is 1. The summed E-state index contributed by atoms with van der Waals surface area (Å²) < 4.78 is 1.56. The van der Waals surface area contributed by atoms with Gasteiger partial charge in [0.05, 0.1) is 24.0 Å². The molecule has 1 aliphatic carbocycles. The lowest BCUT2D eigenvalue weighted by Crippen LogP contribution is -2.48. The van der Waals surface area contributed by atoms with Gasteiger partial charge in [-0.1, -0.05) is 60.1 Å². The van der Waals surface area contributed by atoms with Crippen molar-refractivity contribution in [1.82, 2.24) is 20.1 Å². The van der Waals surface area contributed by atoms with Crippen LogP contribution in [0.15, 0.2) is 23.3 Å². The fourth-order valence-corrected chi connectivity index (χ4v) is 4.77. The lowest BCUT2D eigenvalue weighted by atomic mass is 9.82. The zero-order chi connectivity index (χ0) is 21.5. The van der Waals surface area contributed by atoms with E-state index in [0.717, 1.165) is 24.3 Å². The smallest absolute Gasteiger partial charge is 0.321 e. The summed E-state index contributed by atoms with van der Waals surface area (Å²) in [7, 11) is 0. The number of aromatic nitrogens is 2. The first-order valence-electron chi connectivity index (χ1n) is 9.69. The van der Waals surface area contributed by atoms with Crippen LogP contribution in [-0.4, -0.2) is 38.5 Å². The highest BCUT2D eigenvalue weighted by Crippen LogP contribution is 2.34. The Bertz CT molecular complexity index is 1020. The van der Waals surface area contributed by atoms with Crippen LogP contribution in [0.2, 0.25) is 15.2 Å². The summed E-state index contributed by atoms with van der Waals surface area (Å²) in [5, 5.41) is 13.6. The zero-order valence-corrected chi connectivity index (χ0v) is 18.6. The standard InChI is InChI=1S/C20H20Cl3N5O2/c1-12-13(17(23)27(26-12)11-14-15(21)6-5-7-16(14)22)10-24-28-18(29)20(25-19(28)30)8-3-2-4-9-20/h5-7,10H,2-4,8-9,11H2,1H3,(H,25,30)/b24-10+. The monoisotopic (exact) mass is 467 g/mol. The molecule has 1 aromatic carbocycles. The Morgan fingerprint density at radius 3 is 2.50 bits per heavy atom. The number of carbonyl (C=O) groups is 2. The minimum atomic E-state index is -0.823. The van der Waals surface area contributed by atoms with E-state index in [4.69, 9.17) is 34.8 Å². The van der Waals surface area contributed by atoms with E-state index in [1.807, 2.05) is 0 Å². The van der Waals surface area contributed by atoms with Crippen molar-refractivity contribution in [1.29, 1.82) is 0 Å². The topological polar surface area (TPSA) is 79.6 Å². The van der Waals surface area contributed by atoms with Crippen molar-refractivity contribution in [2.24, 2.45) is 5.10 Å². The number of imide groups is 1. The summed E-state index contributed by atoms with van der Waals surface area (Å²) in [6, 6.07) is 4.74. The largest absolute Gasteiger partial charge is 0.346 e. The molecule has 0 bridgehead atoms. The average Bonchev–Trinajstić information content (AvgIpc) is 3.10. The van der Waals surface area contributed by atoms with Crippen molar-refractivity contribution < 1.29 is 9.59 Å². The van der Waals surface area contributed by atoms with Crippen LogP contribution in [0.3, 0.4) is 0 Å². The summed E-state index contributed by atoms with van der Waals surface area (Å²) in [6.07, 6.45) is 5.56. The molecule has 0 atom stereocenters. The summed E-state index contributed by atoms with van der Waals surface area (Å²) in [5.41, 5.74) is 0.995. The molecule has 1 aliphatic heterocycles. The van der Waals surface area contributed by atoms with Crippen molar-refractivity contribution in [3.8, 4) is 0 Å². The number of aryl methyl sites for hydroxylation is 1. The Kier molecular flexibility index (Phi) is 5.79. The molecule has 0 radical (unpaired) electrons. The molecule has 158 valence electrons. The summed E-state index contributed by atoms with van der Waals surface area (Å²) in [6.45, 7) is 2.05. The van der Waals surface area contributed by atoms with Crippen LogP contribution >= 0.6 is 34.8 Å². The Balaban J connectivity index is 1.58. The number of halogens is 3. The fourth-order valence-electron chi connectivity index (χ4n) is 3.97. The summed E-state index contributed by atoms with van der Waals surface area (Å²) in [4.78, 5) is 25.2. The molecule has 1 spiro atoms. The van der Waals surface area contributed by atoms with Crippen LogP contribution in [0, 0.1) is 6.92 Å². The highest BCUT2D eigenvalue weighted by Gasteiger charge is 2.51. The molecule has 2 aromatic rings. The van der Waals surface area contributed by atoms with Crippen LogP contribution in [0.5, 0.6) is 0 Å². The maximum atomic E-state index is 12.9. The normalized spacial score (nSPS) is 18.6. The quantitative estimate of drug-likeness (QED) is 0.517. The molecule has 1 saturated heterocycles. The van der Waals surface area contributed by atoms with Crippen molar-refractivity contribution in [2.45, 2.75) is 51.1 Å². The van der Waals surface area contributed by atoms with Gasteiger partial charge in [0, 0.05) is 15.6 Å². The van der Waals surface area contributed by atoms with Crippen LogP contribution in [0.4, 0.5) is 4.79 Å². The highest BCUT2D eigenvalue weighted by molar-refractivity contribution is 6.36. The van der Waals surface area contributed by atoms with E-state index >= 15 is 0 Å². The number of amides is 3. The van der Waals surface area contributed by atoms with Gasteiger partial charge in [-0.15, -0.1) is 5.01 Å². The molecule has 2 fully saturated rings. The summed E-state index contributed by atoms with van der Waals surface area (Å²) in [5.74, 6) is -0.313. The van der Waals surface area contributed by atoms with Crippen molar-refractivity contribution in [3.63, 3.8) is 0 Å². The second kappa shape index (κ2) is 8.21. The van der Waals surface area contributed by atoms with E-state index in [1.54, 1.807) is 29.8 Å². The Hall–Kier alpha value is -2.09. The lowest BCUT2D eigenvalue weighted by Gasteiger charge is -2.29. The van der Waals surface area contributed by atoms with E-state index in [0.29, 0.717) is 44.9 Å². The van der Waals surface area contributed by atoms with Gasteiger partial charge in [0.2, 0.25) is 0 Å². The van der Waals surface area contributed by atoms with Crippen LogP contribution in [-0.2, 0) is 11.3 Å². The predicted molar refractivity (Wildman–Crippen MR) is 116 cm³/mol. The SMILES string of the molecule is Cc1nn(Cc2c(Cl)cccc2Cl)c(Cl)c1/C=N/N1C(=O)NC2(CCCCC2)C1=O. The third kappa shape index (κ3) is 3.70. The van der Waals surface area contributed by atoms with Gasteiger partial charge in [-0.3, -0.25) is 4.79 Å². The molecule has 10 heteroatoms. The van der Waals surface area contributed by atoms with Crippen LogP contribution < -0.4 is 5.32 Å². The molecule has 7 nitrogen and oxygen atoms in total. The van der Waals surface area contributed by atoms with E-state index < -0.39 is 11.6 Å². The molecular weight excluding hydrogens is 449 g/mol. The van der Waals surface area contributed by atoms with Gasteiger partial charge in [-0.25, -0.2) is 9.48 Å². The third-order valence-corrected chi connectivity index (χ3v) is 6.74. The Morgan fingerprint density at radius 1 is 1.17 bits per heavy atom. The fraction of sp³-hybridized carbons (Fsp3) is 0.400. The van der Waals surface area contributed by atoms with E-state index in [1.165, 1.54) is 6.21 Å². The molecule has 2 aliphatic rings. The number of urea groups is 1. The first-order chi connectivity index (χ1) is 14.3. The second-order valence-electron chi connectivity index (χ2n) is 7.58. The minimum Gasteiger partial charge on any atom is -0.321 e. The maximum absolute atomic E-state index is 12.9. The molecule has 30 heavy (non-hydrogen) atoms. The number of hydrogen-bond acceptors (Lipinski definition) is 4.